The third-order valence-corrected chi connectivity index (χ3v) is 4.22. The Kier molecular flexibility index (Phi) is 7.62. The lowest BCUT2D eigenvalue weighted by Crippen LogP contribution is -2.48. The number of amides is 1. The number of carbonyl (C=O) groups is 1. The van der Waals surface area contributed by atoms with Gasteiger partial charge in [0, 0.05) is 32.1 Å². The van der Waals surface area contributed by atoms with Crippen molar-refractivity contribution in [2.45, 2.75) is 45.9 Å². The first-order valence-electron chi connectivity index (χ1n) is 7.86. The van der Waals surface area contributed by atoms with Crippen molar-refractivity contribution >= 4 is 23.2 Å². The topological polar surface area (TPSA) is 78.9 Å². The number of hydrogen-bond acceptors (Lipinski definition) is 5. The Morgan fingerprint density at radius 2 is 2.17 bits per heavy atom. The maximum atomic E-state index is 11.9. The van der Waals surface area contributed by atoms with Crippen LogP contribution < -0.4 is 10.6 Å². The number of aliphatic imine (C=N–C) groups is 1. The molecule has 0 saturated heterocycles. The van der Waals surface area contributed by atoms with E-state index in [1.54, 1.807) is 25.5 Å². The van der Waals surface area contributed by atoms with E-state index in [-0.39, 0.29) is 24.1 Å². The Morgan fingerprint density at radius 1 is 1.50 bits per heavy atom. The molecule has 2 N–H and O–H groups in total. The molecule has 1 atom stereocenters. The predicted molar refractivity (Wildman–Crippen MR) is 98.3 cm³/mol. The monoisotopic (exact) mass is 355 g/mol. The fourth-order valence-electron chi connectivity index (χ4n) is 2.01. The van der Waals surface area contributed by atoms with E-state index in [1.165, 1.54) is 0 Å². The summed E-state index contributed by atoms with van der Waals surface area (Å²) in [5, 5.41) is 8.94. The molecule has 1 aromatic heterocycles. The molecule has 0 aliphatic carbocycles. The highest BCUT2D eigenvalue weighted by Crippen LogP contribution is 2.20. The Balaban J connectivity index is 2.56. The first-order valence-corrected chi connectivity index (χ1v) is 8.74. The fraction of sp³-hybridized carbons (Fsp3) is 0.688. The summed E-state index contributed by atoms with van der Waals surface area (Å²) >= 11 is 1.58. The van der Waals surface area contributed by atoms with E-state index in [9.17, 15) is 4.79 Å². The van der Waals surface area contributed by atoms with Crippen LogP contribution in [-0.2, 0) is 16.1 Å². The summed E-state index contributed by atoms with van der Waals surface area (Å²) in [5.41, 5.74) is 0.701. The van der Waals surface area contributed by atoms with Crippen molar-refractivity contribution in [1.29, 1.82) is 0 Å². The Bertz CT molecular complexity index is 565. The van der Waals surface area contributed by atoms with Crippen LogP contribution in [0.3, 0.4) is 0 Å². The Morgan fingerprint density at radius 3 is 2.71 bits per heavy atom. The molecule has 0 aliphatic rings. The van der Waals surface area contributed by atoms with Gasteiger partial charge in [-0.1, -0.05) is 0 Å². The number of nitrogens with one attached hydrogen (secondary N) is 2. The van der Waals surface area contributed by atoms with E-state index in [4.69, 9.17) is 4.74 Å². The zero-order chi connectivity index (χ0) is 18.3. The van der Waals surface area contributed by atoms with Crippen molar-refractivity contribution in [2.24, 2.45) is 4.99 Å². The van der Waals surface area contributed by atoms with Gasteiger partial charge in [-0.15, -0.1) is 11.3 Å². The zero-order valence-corrected chi connectivity index (χ0v) is 16.5. The van der Waals surface area contributed by atoms with E-state index < -0.39 is 0 Å². The molecule has 1 unspecified atom stereocenters. The standard InChI is InChI=1S/C16H29N5O2S/c1-11(23-7)14-19-12(10-24-14)9-21(6)15(17-5)18-8-13(22)20-16(2,3)4/h10-11H,8-9H2,1-7H3,(H,17,18)(H,20,22). The summed E-state index contributed by atoms with van der Waals surface area (Å²) in [6.45, 7) is 8.61. The number of nitrogens with zero attached hydrogens (tertiary/aromatic N) is 3. The highest BCUT2D eigenvalue weighted by atomic mass is 32.1. The number of carbonyl (C=O) groups excluding carboxylic acids is 1. The van der Waals surface area contributed by atoms with E-state index in [1.807, 2.05) is 45.0 Å². The van der Waals surface area contributed by atoms with Gasteiger partial charge in [-0.05, 0) is 27.7 Å². The molecular formula is C16H29N5O2S. The maximum absolute atomic E-state index is 11.9. The van der Waals surface area contributed by atoms with Crippen LogP contribution in [0, 0.1) is 0 Å². The smallest absolute Gasteiger partial charge is 0.239 e. The first kappa shape index (κ1) is 20.4. The molecule has 1 rings (SSSR count). The minimum atomic E-state index is -0.247. The van der Waals surface area contributed by atoms with Gasteiger partial charge in [-0.2, -0.15) is 0 Å². The molecule has 1 amide bonds. The van der Waals surface area contributed by atoms with Crippen molar-refractivity contribution in [2.75, 3.05) is 27.7 Å². The van der Waals surface area contributed by atoms with E-state index in [0.717, 1.165) is 10.7 Å². The maximum Gasteiger partial charge on any atom is 0.239 e. The second-order valence-corrected chi connectivity index (χ2v) is 7.50. The van der Waals surface area contributed by atoms with Gasteiger partial charge in [0.2, 0.25) is 5.91 Å². The van der Waals surface area contributed by atoms with Gasteiger partial charge < -0.3 is 20.3 Å². The third kappa shape index (κ3) is 6.84. The van der Waals surface area contributed by atoms with Crippen LogP contribution in [0.15, 0.2) is 10.4 Å². The molecule has 8 heteroatoms. The van der Waals surface area contributed by atoms with Crippen molar-refractivity contribution in [3.05, 3.63) is 16.1 Å². The average Bonchev–Trinajstić information content (AvgIpc) is 2.93. The number of methoxy groups -OCH3 is 1. The first-order chi connectivity index (χ1) is 11.2. The molecule has 0 aromatic carbocycles. The van der Waals surface area contributed by atoms with Gasteiger partial charge in [0.25, 0.3) is 0 Å². The lowest BCUT2D eigenvalue weighted by Gasteiger charge is -2.23. The van der Waals surface area contributed by atoms with Crippen molar-refractivity contribution in [3.8, 4) is 0 Å². The summed E-state index contributed by atoms with van der Waals surface area (Å²) in [6.07, 6.45) is -0.00686. The number of hydrogen-bond donors (Lipinski definition) is 2. The summed E-state index contributed by atoms with van der Waals surface area (Å²) in [7, 11) is 5.28. The third-order valence-electron chi connectivity index (χ3n) is 3.16. The molecule has 1 heterocycles. The quantitative estimate of drug-likeness (QED) is 0.601. The number of aromatic nitrogens is 1. The SMILES string of the molecule is CN=C(NCC(=O)NC(C)(C)C)N(C)Cc1csc(C(C)OC)n1. The van der Waals surface area contributed by atoms with E-state index >= 15 is 0 Å². The average molecular weight is 356 g/mol. The van der Waals surface area contributed by atoms with Crippen molar-refractivity contribution in [1.82, 2.24) is 20.5 Å². The lowest BCUT2D eigenvalue weighted by molar-refractivity contribution is -0.121. The molecule has 0 aliphatic heterocycles. The number of rotatable bonds is 6. The van der Waals surface area contributed by atoms with Crippen LogP contribution in [0.2, 0.25) is 0 Å². The molecular weight excluding hydrogens is 326 g/mol. The summed E-state index contributed by atoms with van der Waals surface area (Å²) in [6, 6.07) is 0. The van der Waals surface area contributed by atoms with Crippen LogP contribution in [-0.4, -0.2) is 55.0 Å². The van der Waals surface area contributed by atoms with Crippen molar-refractivity contribution < 1.29 is 9.53 Å². The second-order valence-electron chi connectivity index (χ2n) is 6.61. The van der Waals surface area contributed by atoms with Crippen LogP contribution in [0.4, 0.5) is 0 Å². The van der Waals surface area contributed by atoms with Crippen LogP contribution in [0.5, 0.6) is 0 Å². The van der Waals surface area contributed by atoms with Gasteiger partial charge >= 0.3 is 0 Å². The molecule has 136 valence electrons. The van der Waals surface area contributed by atoms with E-state index in [0.29, 0.717) is 12.5 Å². The number of thiazole rings is 1. The fourth-order valence-corrected chi connectivity index (χ4v) is 2.85. The van der Waals surface area contributed by atoms with Gasteiger partial charge in [0.1, 0.15) is 11.1 Å². The highest BCUT2D eigenvalue weighted by molar-refractivity contribution is 7.09. The lowest BCUT2D eigenvalue weighted by atomic mass is 10.1. The molecule has 0 saturated carbocycles. The molecule has 0 spiro atoms. The summed E-state index contributed by atoms with van der Waals surface area (Å²) < 4.78 is 5.28. The molecule has 24 heavy (non-hydrogen) atoms. The molecule has 7 nitrogen and oxygen atoms in total. The zero-order valence-electron chi connectivity index (χ0n) is 15.6. The van der Waals surface area contributed by atoms with Crippen molar-refractivity contribution in [3.63, 3.8) is 0 Å². The minimum Gasteiger partial charge on any atom is -0.375 e. The van der Waals surface area contributed by atoms with Crippen LogP contribution in [0.1, 0.15) is 44.5 Å². The second kappa shape index (κ2) is 8.98. The predicted octanol–water partition coefficient (Wildman–Crippen LogP) is 1.77. The normalized spacial score (nSPS) is 13.5. The number of ether oxygens (including phenoxy) is 1. The Labute approximate surface area is 148 Å². The number of guanidine groups is 1. The van der Waals surface area contributed by atoms with Gasteiger partial charge in [-0.25, -0.2) is 4.98 Å². The van der Waals surface area contributed by atoms with E-state index in [2.05, 4.69) is 20.6 Å². The molecule has 0 bridgehead atoms. The molecule has 1 aromatic rings. The summed E-state index contributed by atoms with van der Waals surface area (Å²) in [4.78, 5) is 22.6. The van der Waals surface area contributed by atoms with Gasteiger partial charge in [-0.3, -0.25) is 9.79 Å². The van der Waals surface area contributed by atoms with Gasteiger partial charge in [0.15, 0.2) is 5.96 Å². The summed E-state index contributed by atoms with van der Waals surface area (Å²) in [5.74, 6) is 0.579. The van der Waals surface area contributed by atoms with Crippen LogP contribution in [0.25, 0.3) is 0 Å². The Hall–Kier alpha value is -1.67. The molecule has 0 radical (unpaired) electrons. The minimum absolute atomic E-state index is 0.00686. The van der Waals surface area contributed by atoms with Gasteiger partial charge in [0.05, 0.1) is 18.8 Å². The van der Waals surface area contributed by atoms with Crippen LogP contribution >= 0.6 is 11.3 Å². The largest absolute Gasteiger partial charge is 0.375 e. The highest BCUT2D eigenvalue weighted by Gasteiger charge is 2.16. The molecule has 0 fully saturated rings.